The molecule has 21 heavy (non-hydrogen) atoms. The van der Waals surface area contributed by atoms with Gasteiger partial charge in [-0.15, -0.1) is 0 Å². The smallest absolute Gasteiger partial charge is 0.263 e. The maximum absolute atomic E-state index is 12.3. The molecule has 0 fully saturated rings. The van der Waals surface area contributed by atoms with E-state index in [9.17, 15) is 4.79 Å². The molecule has 0 aliphatic rings. The lowest BCUT2D eigenvalue weighted by Crippen LogP contribution is -2.45. The Morgan fingerprint density at radius 2 is 2.29 bits per heavy atom. The van der Waals surface area contributed by atoms with Gasteiger partial charge in [0.2, 0.25) is 0 Å². The molecule has 116 valence electrons. The van der Waals surface area contributed by atoms with Gasteiger partial charge in [-0.1, -0.05) is 29.7 Å². The average molecular weight is 314 g/mol. The van der Waals surface area contributed by atoms with Crippen molar-refractivity contribution < 1.29 is 14.7 Å². The molecule has 1 aromatic carbocycles. The van der Waals surface area contributed by atoms with Crippen LogP contribution in [0.1, 0.15) is 20.3 Å². The van der Waals surface area contributed by atoms with E-state index in [1.54, 1.807) is 31.2 Å². The number of hydrogen-bond donors (Lipinski definition) is 2. The Kier molecular flexibility index (Phi) is 6.81. The highest BCUT2D eigenvalue weighted by atomic mass is 35.5. The highest BCUT2D eigenvalue weighted by molar-refractivity contribution is 6.30. The van der Waals surface area contributed by atoms with Gasteiger partial charge >= 0.3 is 0 Å². The second-order valence-electron chi connectivity index (χ2n) is 4.57. The zero-order valence-corrected chi connectivity index (χ0v) is 12.9. The molecule has 6 nitrogen and oxygen atoms in total. The van der Waals surface area contributed by atoms with E-state index in [0.717, 1.165) is 6.42 Å². The molecule has 1 amide bonds. The Balaban J connectivity index is 2.73. The molecular formula is C14H20ClN3O3. The molecular weight excluding hydrogens is 294 g/mol. The van der Waals surface area contributed by atoms with Gasteiger partial charge < -0.3 is 20.6 Å². The summed E-state index contributed by atoms with van der Waals surface area (Å²) in [4.78, 5) is 13.8. The van der Waals surface area contributed by atoms with Crippen molar-refractivity contribution in [3.05, 3.63) is 29.3 Å². The van der Waals surface area contributed by atoms with E-state index in [-0.39, 0.29) is 18.3 Å². The number of benzene rings is 1. The van der Waals surface area contributed by atoms with Crippen molar-refractivity contribution in [1.29, 1.82) is 0 Å². The van der Waals surface area contributed by atoms with Crippen molar-refractivity contribution in [1.82, 2.24) is 4.90 Å². The maximum Gasteiger partial charge on any atom is 0.263 e. The van der Waals surface area contributed by atoms with E-state index in [1.807, 2.05) is 6.92 Å². The molecule has 0 saturated carbocycles. The fourth-order valence-electron chi connectivity index (χ4n) is 1.82. The number of halogens is 1. The Bertz CT molecular complexity index is 508. The zero-order chi connectivity index (χ0) is 15.8. The molecule has 0 aliphatic heterocycles. The molecule has 0 bridgehead atoms. The van der Waals surface area contributed by atoms with Crippen LogP contribution in [0.5, 0.6) is 5.75 Å². The largest absolute Gasteiger partial charge is 0.481 e. The van der Waals surface area contributed by atoms with Crippen LogP contribution in [0.4, 0.5) is 0 Å². The first kappa shape index (κ1) is 17.1. The van der Waals surface area contributed by atoms with Crippen molar-refractivity contribution in [3.8, 4) is 5.75 Å². The number of hydrogen-bond acceptors (Lipinski definition) is 4. The molecule has 1 unspecified atom stereocenters. The SMILES string of the molecule is CCCN(CC(N)=NO)C(=O)C(C)Oc1cccc(Cl)c1. The van der Waals surface area contributed by atoms with Gasteiger partial charge in [0.25, 0.3) is 5.91 Å². The summed E-state index contributed by atoms with van der Waals surface area (Å²) in [5, 5.41) is 12.0. The van der Waals surface area contributed by atoms with Crippen molar-refractivity contribution in [2.75, 3.05) is 13.1 Å². The highest BCUT2D eigenvalue weighted by Gasteiger charge is 2.22. The quantitative estimate of drug-likeness (QED) is 0.349. The normalized spacial score (nSPS) is 12.8. The number of carbonyl (C=O) groups excluding carboxylic acids is 1. The van der Waals surface area contributed by atoms with E-state index in [4.69, 9.17) is 27.3 Å². The number of nitrogens with two attached hydrogens (primary N) is 1. The molecule has 0 heterocycles. The van der Waals surface area contributed by atoms with E-state index >= 15 is 0 Å². The second-order valence-corrected chi connectivity index (χ2v) is 5.01. The minimum Gasteiger partial charge on any atom is -0.481 e. The summed E-state index contributed by atoms with van der Waals surface area (Å²) in [5.74, 6) is 0.263. The number of oxime groups is 1. The van der Waals surface area contributed by atoms with Crippen molar-refractivity contribution >= 4 is 23.3 Å². The van der Waals surface area contributed by atoms with Gasteiger partial charge in [-0.25, -0.2) is 0 Å². The molecule has 1 aromatic rings. The lowest BCUT2D eigenvalue weighted by molar-refractivity contribution is -0.137. The first-order chi connectivity index (χ1) is 9.97. The molecule has 3 N–H and O–H groups in total. The standard InChI is InChI=1S/C14H20ClN3O3/c1-3-7-18(9-13(16)17-20)14(19)10(2)21-12-6-4-5-11(15)8-12/h4-6,8,10,20H,3,7,9H2,1-2H3,(H2,16,17). The lowest BCUT2D eigenvalue weighted by Gasteiger charge is -2.25. The van der Waals surface area contributed by atoms with Crippen LogP contribution in [0.2, 0.25) is 5.02 Å². The van der Waals surface area contributed by atoms with Gasteiger partial charge in [0.1, 0.15) is 5.75 Å². The third-order valence-corrected chi connectivity index (χ3v) is 2.98. The van der Waals surface area contributed by atoms with Crippen LogP contribution in [0.15, 0.2) is 29.4 Å². The van der Waals surface area contributed by atoms with Gasteiger partial charge in [-0.2, -0.15) is 0 Å². The summed E-state index contributed by atoms with van der Waals surface area (Å²) in [6.07, 6.45) is 0.0652. The van der Waals surface area contributed by atoms with E-state index < -0.39 is 6.10 Å². The van der Waals surface area contributed by atoms with Gasteiger partial charge in [-0.05, 0) is 31.5 Å². The van der Waals surface area contributed by atoms with Crippen molar-refractivity contribution in [2.45, 2.75) is 26.4 Å². The van der Waals surface area contributed by atoms with Crippen LogP contribution >= 0.6 is 11.6 Å². The fourth-order valence-corrected chi connectivity index (χ4v) is 2.00. The number of rotatable bonds is 7. The Morgan fingerprint density at radius 1 is 1.57 bits per heavy atom. The fraction of sp³-hybridized carbons (Fsp3) is 0.429. The number of amides is 1. The average Bonchev–Trinajstić information content (AvgIpc) is 2.45. The molecule has 0 radical (unpaired) electrons. The number of carbonyl (C=O) groups is 1. The summed E-state index contributed by atoms with van der Waals surface area (Å²) in [6.45, 7) is 4.15. The third-order valence-electron chi connectivity index (χ3n) is 2.74. The Labute approximate surface area is 129 Å². The number of amidine groups is 1. The minimum atomic E-state index is -0.693. The zero-order valence-electron chi connectivity index (χ0n) is 12.1. The van der Waals surface area contributed by atoms with E-state index in [2.05, 4.69) is 5.16 Å². The highest BCUT2D eigenvalue weighted by Crippen LogP contribution is 2.18. The maximum atomic E-state index is 12.3. The molecule has 0 aromatic heterocycles. The second kappa shape index (κ2) is 8.36. The molecule has 0 spiro atoms. The molecule has 1 atom stereocenters. The van der Waals surface area contributed by atoms with Crippen molar-refractivity contribution in [2.24, 2.45) is 10.9 Å². The first-order valence-electron chi connectivity index (χ1n) is 6.65. The van der Waals surface area contributed by atoms with Crippen LogP contribution in [0, 0.1) is 0 Å². The first-order valence-corrected chi connectivity index (χ1v) is 7.03. The predicted octanol–water partition coefficient (Wildman–Crippen LogP) is 2.09. The van der Waals surface area contributed by atoms with Crippen LogP contribution in [0.3, 0.4) is 0 Å². The Hall–Kier alpha value is -1.95. The lowest BCUT2D eigenvalue weighted by atomic mass is 10.3. The van der Waals surface area contributed by atoms with Crippen LogP contribution in [-0.2, 0) is 4.79 Å². The summed E-state index contributed by atoms with van der Waals surface area (Å²) in [7, 11) is 0. The number of ether oxygens (including phenoxy) is 1. The monoisotopic (exact) mass is 313 g/mol. The molecule has 7 heteroatoms. The predicted molar refractivity (Wildman–Crippen MR) is 81.8 cm³/mol. The summed E-state index contributed by atoms with van der Waals surface area (Å²) < 4.78 is 5.58. The summed E-state index contributed by atoms with van der Waals surface area (Å²) >= 11 is 5.87. The van der Waals surface area contributed by atoms with Gasteiger partial charge in [-0.3, -0.25) is 4.79 Å². The molecule has 1 rings (SSSR count). The van der Waals surface area contributed by atoms with Crippen molar-refractivity contribution in [3.63, 3.8) is 0 Å². The number of nitrogens with zero attached hydrogens (tertiary/aromatic N) is 2. The minimum absolute atomic E-state index is 0.0215. The third kappa shape index (κ3) is 5.51. The van der Waals surface area contributed by atoms with E-state index in [0.29, 0.717) is 17.3 Å². The van der Waals surface area contributed by atoms with Crippen LogP contribution in [-0.4, -0.2) is 41.0 Å². The molecule has 0 saturated heterocycles. The van der Waals surface area contributed by atoms with Gasteiger partial charge in [0, 0.05) is 11.6 Å². The van der Waals surface area contributed by atoms with E-state index in [1.165, 1.54) is 4.90 Å². The van der Waals surface area contributed by atoms with Gasteiger partial charge in [0.15, 0.2) is 11.9 Å². The Morgan fingerprint density at radius 3 is 2.86 bits per heavy atom. The van der Waals surface area contributed by atoms with Crippen LogP contribution < -0.4 is 10.5 Å². The topological polar surface area (TPSA) is 88.1 Å². The summed E-state index contributed by atoms with van der Waals surface area (Å²) in [6, 6.07) is 6.83. The van der Waals surface area contributed by atoms with Gasteiger partial charge in [0.05, 0.1) is 6.54 Å². The molecule has 0 aliphatic carbocycles. The summed E-state index contributed by atoms with van der Waals surface area (Å²) in [5.41, 5.74) is 5.46. The van der Waals surface area contributed by atoms with Crippen LogP contribution in [0.25, 0.3) is 0 Å².